The lowest BCUT2D eigenvalue weighted by Crippen LogP contribution is -2.16. The Kier molecular flexibility index (Phi) is 3.01. The lowest BCUT2D eigenvalue weighted by molar-refractivity contribution is -0.385. The number of aryl methyl sites for hydroxylation is 1. The molecule has 0 saturated carbocycles. The number of carbonyl (C=O) groups is 1. The van der Waals surface area contributed by atoms with E-state index in [4.69, 9.17) is 5.73 Å². The topological polar surface area (TPSA) is 155 Å². The lowest BCUT2D eigenvalue weighted by atomic mass is 10.2. The van der Waals surface area contributed by atoms with Crippen molar-refractivity contribution in [2.45, 2.75) is 0 Å². The van der Waals surface area contributed by atoms with Crippen molar-refractivity contribution in [1.82, 2.24) is 25.2 Å². The van der Waals surface area contributed by atoms with Gasteiger partial charge in [0.15, 0.2) is 0 Å². The van der Waals surface area contributed by atoms with Gasteiger partial charge >= 0.3 is 0 Å². The summed E-state index contributed by atoms with van der Waals surface area (Å²) in [5.74, 6) is -0.853. The fourth-order valence-corrected chi connectivity index (χ4v) is 1.29. The molecule has 0 spiro atoms. The number of nitrogen functional groups attached to an aromatic ring is 1. The monoisotopic (exact) mass is 264 g/mol. The van der Waals surface area contributed by atoms with Crippen molar-refractivity contribution >= 4 is 23.4 Å². The van der Waals surface area contributed by atoms with Gasteiger partial charge in [0.1, 0.15) is 17.6 Å². The molecule has 0 saturated heterocycles. The van der Waals surface area contributed by atoms with Crippen molar-refractivity contribution in [2.75, 3.05) is 11.1 Å². The summed E-state index contributed by atoms with van der Waals surface area (Å²) in [6.07, 6.45) is 0.911. The zero-order chi connectivity index (χ0) is 14.0. The number of pyridine rings is 1. The van der Waals surface area contributed by atoms with Crippen LogP contribution in [0.4, 0.5) is 17.5 Å². The average molecular weight is 264 g/mol. The molecule has 0 bridgehead atoms. The number of rotatable bonds is 3. The number of aromatic nitrogens is 5. The van der Waals surface area contributed by atoms with Gasteiger partial charge in [0.05, 0.1) is 12.0 Å². The van der Waals surface area contributed by atoms with Crippen LogP contribution in [0.25, 0.3) is 0 Å². The van der Waals surface area contributed by atoms with Gasteiger partial charge in [-0.1, -0.05) is 5.10 Å². The number of hydrogen-bond donors (Lipinski definition) is 2. The molecule has 2 aromatic heterocycles. The van der Waals surface area contributed by atoms with Crippen molar-refractivity contribution in [2.24, 2.45) is 7.05 Å². The van der Waals surface area contributed by atoms with Gasteiger partial charge in [0.2, 0.25) is 0 Å². The Morgan fingerprint density at radius 2 is 2.32 bits per heavy atom. The van der Waals surface area contributed by atoms with E-state index in [0.29, 0.717) is 0 Å². The summed E-state index contributed by atoms with van der Waals surface area (Å²) in [6, 6.07) is 1.10. The summed E-state index contributed by atoms with van der Waals surface area (Å²) in [6.45, 7) is 0. The number of nitro groups is 1. The minimum Gasteiger partial charge on any atom is -0.384 e. The van der Waals surface area contributed by atoms with Crippen molar-refractivity contribution in [1.29, 1.82) is 0 Å². The van der Waals surface area contributed by atoms with Gasteiger partial charge in [-0.15, -0.1) is 5.10 Å². The Hall–Kier alpha value is -3.11. The molecule has 1 amide bonds. The molecule has 11 heteroatoms. The first-order valence-electron chi connectivity index (χ1n) is 4.92. The van der Waals surface area contributed by atoms with E-state index in [-0.39, 0.29) is 17.3 Å². The maximum Gasteiger partial charge on any atom is 0.300 e. The van der Waals surface area contributed by atoms with Crippen LogP contribution < -0.4 is 11.1 Å². The van der Waals surface area contributed by atoms with Crippen LogP contribution in [0.5, 0.6) is 0 Å². The second-order valence-corrected chi connectivity index (χ2v) is 3.44. The molecule has 0 unspecified atom stereocenters. The van der Waals surface area contributed by atoms with Crippen LogP contribution in [-0.2, 0) is 7.05 Å². The Labute approximate surface area is 105 Å². The van der Waals surface area contributed by atoms with Crippen LogP contribution in [0.2, 0.25) is 0 Å². The molecule has 2 heterocycles. The fourth-order valence-electron chi connectivity index (χ4n) is 1.29. The van der Waals surface area contributed by atoms with E-state index in [9.17, 15) is 14.9 Å². The molecule has 0 aromatic carbocycles. The van der Waals surface area contributed by atoms with Gasteiger partial charge in [-0.25, -0.2) is 4.98 Å². The Bertz CT molecular complexity index is 651. The van der Waals surface area contributed by atoms with Crippen LogP contribution in [0.3, 0.4) is 0 Å². The summed E-state index contributed by atoms with van der Waals surface area (Å²) < 4.78 is 0. The van der Waals surface area contributed by atoms with Crippen molar-refractivity contribution in [3.63, 3.8) is 0 Å². The number of anilines is 2. The van der Waals surface area contributed by atoms with Crippen molar-refractivity contribution in [3.05, 3.63) is 27.9 Å². The third-order valence-electron chi connectivity index (χ3n) is 2.08. The van der Waals surface area contributed by atoms with Gasteiger partial charge in [-0.3, -0.25) is 20.2 Å². The van der Waals surface area contributed by atoms with Gasteiger partial charge in [0.25, 0.3) is 17.5 Å². The van der Waals surface area contributed by atoms with Crippen molar-refractivity contribution in [3.8, 4) is 0 Å². The van der Waals surface area contributed by atoms with E-state index >= 15 is 0 Å². The average Bonchev–Trinajstić information content (AvgIpc) is 2.74. The molecule has 0 radical (unpaired) electrons. The van der Waals surface area contributed by atoms with E-state index < -0.39 is 16.5 Å². The molecule has 0 atom stereocenters. The van der Waals surface area contributed by atoms with Crippen molar-refractivity contribution < 1.29 is 9.72 Å². The van der Waals surface area contributed by atoms with E-state index in [0.717, 1.165) is 17.1 Å². The molecule has 0 fully saturated rings. The summed E-state index contributed by atoms with van der Waals surface area (Å²) in [7, 11) is 1.51. The summed E-state index contributed by atoms with van der Waals surface area (Å²) in [5, 5.41) is 23.8. The predicted molar refractivity (Wildman–Crippen MR) is 62.1 cm³/mol. The minimum atomic E-state index is -0.770. The zero-order valence-electron chi connectivity index (χ0n) is 9.64. The number of nitrogens with two attached hydrogens (primary N) is 1. The van der Waals surface area contributed by atoms with E-state index in [1.165, 1.54) is 7.05 Å². The second-order valence-electron chi connectivity index (χ2n) is 3.44. The smallest absolute Gasteiger partial charge is 0.300 e. The predicted octanol–water partition coefficient (Wildman–Crippen LogP) is -0.652. The normalized spacial score (nSPS) is 10.2. The molecule has 2 aromatic rings. The maximum absolute atomic E-state index is 11.9. The largest absolute Gasteiger partial charge is 0.384 e. The number of nitrogens with zero attached hydrogens (tertiary/aromatic N) is 6. The molecule has 0 aliphatic heterocycles. The minimum absolute atomic E-state index is 0.0112. The molecule has 0 aliphatic rings. The first-order valence-corrected chi connectivity index (χ1v) is 4.92. The highest BCUT2D eigenvalue weighted by Crippen LogP contribution is 2.19. The third kappa shape index (κ3) is 2.59. The molecule has 2 rings (SSSR count). The first kappa shape index (κ1) is 12.3. The maximum atomic E-state index is 11.9. The van der Waals surface area contributed by atoms with Crippen LogP contribution in [0, 0.1) is 10.1 Å². The highest BCUT2D eigenvalue weighted by molar-refractivity contribution is 6.06. The molecule has 98 valence electrons. The number of amides is 1. The summed E-state index contributed by atoms with van der Waals surface area (Å²) in [5.41, 5.74) is 4.71. The fraction of sp³-hybridized carbons (Fsp3) is 0.125. The standard InChI is InChI=1S/C8H8N8O3/c1-15-13-8(12-14-15)11-7(17)4-2-6(9)10-3-5(4)16(18)19/h2-3H,1H3,(H2,9,10)(H,11,13,17). The molecule has 19 heavy (non-hydrogen) atoms. The third-order valence-corrected chi connectivity index (χ3v) is 2.08. The number of nitrogens with one attached hydrogen (secondary N) is 1. The number of hydrogen-bond acceptors (Lipinski definition) is 8. The summed E-state index contributed by atoms with van der Waals surface area (Å²) >= 11 is 0. The second kappa shape index (κ2) is 4.64. The highest BCUT2D eigenvalue weighted by Gasteiger charge is 2.22. The van der Waals surface area contributed by atoms with E-state index in [1.54, 1.807) is 0 Å². The Morgan fingerprint density at radius 1 is 1.58 bits per heavy atom. The van der Waals surface area contributed by atoms with E-state index in [2.05, 4.69) is 25.7 Å². The molecule has 0 aliphatic carbocycles. The quantitative estimate of drug-likeness (QED) is 0.547. The Morgan fingerprint density at radius 3 is 2.89 bits per heavy atom. The molecule has 3 N–H and O–H groups in total. The van der Waals surface area contributed by atoms with E-state index in [1.807, 2.05) is 0 Å². The van der Waals surface area contributed by atoms with Crippen LogP contribution >= 0.6 is 0 Å². The number of carbonyl (C=O) groups excluding carboxylic acids is 1. The van der Waals surface area contributed by atoms with Crippen LogP contribution in [0.1, 0.15) is 10.4 Å². The van der Waals surface area contributed by atoms with Gasteiger partial charge in [0, 0.05) is 0 Å². The van der Waals surface area contributed by atoms with Gasteiger partial charge in [-0.05, 0) is 11.3 Å². The summed E-state index contributed by atoms with van der Waals surface area (Å²) in [4.78, 5) is 26.6. The zero-order valence-corrected chi connectivity index (χ0v) is 9.64. The van der Waals surface area contributed by atoms with Gasteiger partial charge in [-0.2, -0.15) is 4.80 Å². The first-order chi connectivity index (χ1) is 8.97. The molecular formula is C8H8N8O3. The number of tetrazole rings is 1. The Balaban J connectivity index is 2.32. The van der Waals surface area contributed by atoms with Crippen LogP contribution in [-0.4, -0.2) is 36.0 Å². The van der Waals surface area contributed by atoms with Gasteiger partial charge < -0.3 is 5.73 Å². The van der Waals surface area contributed by atoms with Crippen LogP contribution in [0.15, 0.2) is 12.3 Å². The molecular weight excluding hydrogens is 256 g/mol. The lowest BCUT2D eigenvalue weighted by Gasteiger charge is -2.02. The molecule has 11 nitrogen and oxygen atoms in total. The SMILES string of the molecule is Cn1nnc(NC(=O)c2cc(N)ncc2[N+](=O)[O-])n1. The highest BCUT2D eigenvalue weighted by atomic mass is 16.6.